The van der Waals surface area contributed by atoms with Crippen molar-refractivity contribution in [1.29, 1.82) is 0 Å². The molecule has 0 aliphatic rings. The Kier molecular flexibility index (Phi) is 4.68. The summed E-state index contributed by atoms with van der Waals surface area (Å²) in [4.78, 5) is 0. The SMILES string of the molecule is CSC(C)(C)CNCc1cccc(C)c1. The molecule has 2 heteroatoms. The molecule has 84 valence electrons. The van der Waals surface area contributed by atoms with Crippen LogP contribution in [0.4, 0.5) is 0 Å². The Morgan fingerprint density at radius 2 is 2.07 bits per heavy atom. The molecule has 0 aliphatic heterocycles. The molecular formula is C13H21NS. The van der Waals surface area contributed by atoms with E-state index in [0.717, 1.165) is 13.1 Å². The number of hydrogen-bond donors (Lipinski definition) is 1. The molecule has 0 aromatic heterocycles. The zero-order chi connectivity index (χ0) is 11.3. The fourth-order valence-electron chi connectivity index (χ4n) is 1.40. The Morgan fingerprint density at radius 1 is 1.33 bits per heavy atom. The van der Waals surface area contributed by atoms with Crippen LogP contribution >= 0.6 is 11.8 Å². The maximum absolute atomic E-state index is 3.50. The predicted octanol–water partition coefficient (Wildman–Crippen LogP) is 3.23. The summed E-state index contributed by atoms with van der Waals surface area (Å²) >= 11 is 1.90. The molecule has 0 aliphatic carbocycles. The van der Waals surface area contributed by atoms with Gasteiger partial charge in [-0.1, -0.05) is 29.8 Å². The van der Waals surface area contributed by atoms with Gasteiger partial charge in [-0.3, -0.25) is 0 Å². The Balaban J connectivity index is 2.38. The largest absolute Gasteiger partial charge is 0.311 e. The third kappa shape index (κ3) is 4.72. The van der Waals surface area contributed by atoms with E-state index in [1.165, 1.54) is 11.1 Å². The molecule has 0 atom stereocenters. The number of aryl methyl sites for hydroxylation is 1. The minimum Gasteiger partial charge on any atom is -0.311 e. The van der Waals surface area contributed by atoms with Gasteiger partial charge in [0.25, 0.3) is 0 Å². The molecule has 15 heavy (non-hydrogen) atoms. The van der Waals surface area contributed by atoms with Crippen LogP contribution < -0.4 is 5.32 Å². The first-order valence-electron chi connectivity index (χ1n) is 5.35. The van der Waals surface area contributed by atoms with Crippen molar-refractivity contribution in [2.75, 3.05) is 12.8 Å². The third-order valence-corrected chi connectivity index (χ3v) is 3.76. The highest BCUT2D eigenvalue weighted by Gasteiger charge is 2.14. The van der Waals surface area contributed by atoms with E-state index in [4.69, 9.17) is 0 Å². The highest BCUT2D eigenvalue weighted by molar-refractivity contribution is 7.99. The molecule has 0 bridgehead atoms. The summed E-state index contributed by atoms with van der Waals surface area (Å²) in [6.45, 7) is 8.67. The highest BCUT2D eigenvalue weighted by Crippen LogP contribution is 2.19. The van der Waals surface area contributed by atoms with Gasteiger partial charge in [-0.05, 0) is 32.6 Å². The lowest BCUT2D eigenvalue weighted by Gasteiger charge is -2.22. The molecule has 1 aromatic carbocycles. The highest BCUT2D eigenvalue weighted by atomic mass is 32.2. The van der Waals surface area contributed by atoms with Crippen molar-refractivity contribution in [3.05, 3.63) is 35.4 Å². The molecule has 0 fully saturated rings. The number of benzene rings is 1. The molecular weight excluding hydrogens is 202 g/mol. The van der Waals surface area contributed by atoms with E-state index in [2.05, 4.69) is 56.6 Å². The average Bonchev–Trinajstić information content (AvgIpc) is 2.18. The van der Waals surface area contributed by atoms with E-state index in [1.807, 2.05) is 11.8 Å². The molecule has 1 N–H and O–H groups in total. The summed E-state index contributed by atoms with van der Waals surface area (Å²) in [6.07, 6.45) is 2.16. The average molecular weight is 223 g/mol. The van der Waals surface area contributed by atoms with E-state index < -0.39 is 0 Å². The third-order valence-electron chi connectivity index (χ3n) is 2.51. The summed E-state index contributed by atoms with van der Waals surface area (Å²) in [6, 6.07) is 8.66. The van der Waals surface area contributed by atoms with Crippen LogP contribution in [0.5, 0.6) is 0 Å². The molecule has 0 unspecified atom stereocenters. The Bertz CT molecular complexity index is 307. The fourth-order valence-corrected chi connectivity index (χ4v) is 1.65. The van der Waals surface area contributed by atoms with Gasteiger partial charge in [-0.15, -0.1) is 0 Å². The van der Waals surface area contributed by atoms with Gasteiger partial charge in [-0.2, -0.15) is 11.8 Å². The first kappa shape index (κ1) is 12.6. The van der Waals surface area contributed by atoms with Gasteiger partial charge in [0.1, 0.15) is 0 Å². The predicted molar refractivity (Wildman–Crippen MR) is 70.5 cm³/mol. The maximum atomic E-state index is 3.50. The molecule has 0 heterocycles. The molecule has 0 spiro atoms. The van der Waals surface area contributed by atoms with E-state index in [-0.39, 0.29) is 0 Å². The number of nitrogens with one attached hydrogen (secondary N) is 1. The number of hydrogen-bond acceptors (Lipinski definition) is 2. The van der Waals surface area contributed by atoms with Crippen molar-refractivity contribution in [3.63, 3.8) is 0 Å². The second-order valence-electron chi connectivity index (χ2n) is 4.56. The van der Waals surface area contributed by atoms with Gasteiger partial charge in [0.2, 0.25) is 0 Å². The summed E-state index contributed by atoms with van der Waals surface area (Å²) in [7, 11) is 0. The minimum atomic E-state index is 0.323. The normalized spacial score (nSPS) is 11.7. The van der Waals surface area contributed by atoms with E-state index in [0.29, 0.717) is 4.75 Å². The van der Waals surface area contributed by atoms with Crippen molar-refractivity contribution in [2.45, 2.75) is 32.1 Å². The molecule has 0 saturated heterocycles. The lowest BCUT2D eigenvalue weighted by molar-refractivity contribution is 0.591. The van der Waals surface area contributed by atoms with Crippen LogP contribution in [0.3, 0.4) is 0 Å². The quantitative estimate of drug-likeness (QED) is 0.822. The van der Waals surface area contributed by atoms with Crippen molar-refractivity contribution >= 4 is 11.8 Å². The minimum absolute atomic E-state index is 0.323. The maximum Gasteiger partial charge on any atom is 0.0225 e. The Labute approximate surface area is 97.7 Å². The van der Waals surface area contributed by atoms with Crippen LogP contribution in [0.2, 0.25) is 0 Å². The van der Waals surface area contributed by atoms with Gasteiger partial charge >= 0.3 is 0 Å². The molecule has 1 aromatic rings. The first-order chi connectivity index (χ1) is 7.03. The Morgan fingerprint density at radius 3 is 2.67 bits per heavy atom. The zero-order valence-electron chi connectivity index (χ0n) is 10.1. The van der Waals surface area contributed by atoms with Crippen molar-refractivity contribution in [3.8, 4) is 0 Å². The summed E-state index contributed by atoms with van der Waals surface area (Å²) < 4.78 is 0.323. The monoisotopic (exact) mass is 223 g/mol. The van der Waals surface area contributed by atoms with Crippen LogP contribution in [-0.2, 0) is 6.54 Å². The standard InChI is InChI=1S/C13H21NS/c1-11-6-5-7-12(8-11)9-14-10-13(2,3)15-4/h5-8,14H,9-10H2,1-4H3. The fraction of sp³-hybridized carbons (Fsp3) is 0.538. The van der Waals surface area contributed by atoms with Crippen LogP contribution in [0.25, 0.3) is 0 Å². The van der Waals surface area contributed by atoms with Crippen molar-refractivity contribution in [2.24, 2.45) is 0 Å². The van der Waals surface area contributed by atoms with Crippen LogP contribution in [0, 0.1) is 6.92 Å². The molecule has 0 saturated carbocycles. The second kappa shape index (κ2) is 5.57. The lowest BCUT2D eigenvalue weighted by Crippen LogP contribution is -2.31. The van der Waals surface area contributed by atoms with E-state index in [9.17, 15) is 0 Å². The first-order valence-corrected chi connectivity index (χ1v) is 6.57. The van der Waals surface area contributed by atoms with Gasteiger partial charge in [0.05, 0.1) is 0 Å². The van der Waals surface area contributed by atoms with Gasteiger partial charge in [-0.25, -0.2) is 0 Å². The molecule has 1 rings (SSSR count). The van der Waals surface area contributed by atoms with Crippen LogP contribution in [-0.4, -0.2) is 17.5 Å². The summed E-state index contributed by atoms with van der Waals surface area (Å²) in [5.41, 5.74) is 2.70. The van der Waals surface area contributed by atoms with Crippen LogP contribution in [0.15, 0.2) is 24.3 Å². The number of rotatable bonds is 5. The summed E-state index contributed by atoms with van der Waals surface area (Å²) in [5, 5.41) is 3.50. The molecule has 0 amide bonds. The second-order valence-corrected chi connectivity index (χ2v) is 6.07. The molecule has 0 radical (unpaired) electrons. The topological polar surface area (TPSA) is 12.0 Å². The molecule has 1 nitrogen and oxygen atoms in total. The lowest BCUT2D eigenvalue weighted by atomic mass is 10.1. The zero-order valence-corrected chi connectivity index (χ0v) is 10.9. The summed E-state index contributed by atoms with van der Waals surface area (Å²) in [5.74, 6) is 0. The van der Waals surface area contributed by atoms with E-state index in [1.54, 1.807) is 0 Å². The van der Waals surface area contributed by atoms with Gasteiger partial charge in [0.15, 0.2) is 0 Å². The van der Waals surface area contributed by atoms with Crippen molar-refractivity contribution < 1.29 is 0 Å². The van der Waals surface area contributed by atoms with E-state index >= 15 is 0 Å². The van der Waals surface area contributed by atoms with Gasteiger partial charge in [0, 0.05) is 17.8 Å². The van der Waals surface area contributed by atoms with Crippen molar-refractivity contribution in [1.82, 2.24) is 5.32 Å². The van der Waals surface area contributed by atoms with Gasteiger partial charge < -0.3 is 5.32 Å². The Hall–Kier alpha value is -0.470. The van der Waals surface area contributed by atoms with Crippen LogP contribution in [0.1, 0.15) is 25.0 Å². The smallest absolute Gasteiger partial charge is 0.0225 e. The number of thioether (sulfide) groups is 1.